The monoisotopic (exact) mass is 289 g/mol. The number of carbonyl (C=O) groups is 2. The zero-order chi connectivity index (χ0) is 14.2. The Morgan fingerprint density at radius 1 is 1.42 bits per heavy atom. The lowest BCUT2D eigenvalue weighted by atomic mass is 9.94. The molecule has 2 rings (SSSR count). The first-order valence-corrected chi connectivity index (χ1v) is 5.88. The summed E-state index contributed by atoms with van der Waals surface area (Å²) >= 11 is 5.48. The SMILES string of the molecule is O=C(O)N1CCC(F)(C(=O)c2ccc(Cl)c(F)c2)C1. The summed E-state index contributed by atoms with van der Waals surface area (Å²) in [5, 5.41) is 8.58. The largest absolute Gasteiger partial charge is 0.465 e. The van der Waals surface area contributed by atoms with E-state index in [4.69, 9.17) is 16.7 Å². The molecule has 0 aliphatic carbocycles. The van der Waals surface area contributed by atoms with E-state index in [-0.39, 0.29) is 23.6 Å². The number of amides is 1. The van der Waals surface area contributed by atoms with Crippen molar-refractivity contribution < 1.29 is 23.5 Å². The summed E-state index contributed by atoms with van der Waals surface area (Å²) in [7, 11) is 0. The van der Waals surface area contributed by atoms with Crippen LogP contribution in [0.4, 0.5) is 13.6 Å². The van der Waals surface area contributed by atoms with Crippen LogP contribution < -0.4 is 0 Å². The molecule has 1 N–H and O–H groups in total. The Labute approximate surface area is 112 Å². The summed E-state index contributed by atoms with van der Waals surface area (Å²) in [5.41, 5.74) is -2.46. The minimum absolute atomic E-state index is 0.0619. The van der Waals surface area contributed by atoms with Crippen molar-refractivity contribution >= 4 is 23.5 Å². The summed E-state index contributed by atoms with van der Waals surface area (Å²) in [6.07, 6.45) is -1.52. The summed E-state index contributed by atoms with van der Waals surface area (Å²) in [6.45, 7) is -0.598. The summed E-state index contributed by atoms with van der Waals surface area (Å²) < 4.78 is 27.7. The molecule has 7 heteroatoms. The fourth-order valence-corrected chi connectivity index (χ4v) is 2.14. The number of rotatable bonds is 2. The second-order valence-electron chi connectivity index (χ2n) is 4.38. The highest BCUT2D eigenvalue weighted by atomic mass is 35.5. The van der Waals surface area contributed by atoms with Gasteiger partial charge in [-0.15, -0.1) is 0 Å². The molecule has 1 heterocycles. The lowest BCUT2D eigenvalue weighted by Crippen LogP contribution is -2.38. The van der Waals surface area contributed by atoms with E-state index in [2.05, 4.69) is 0 Å². The Bertz CT molecular complexity index is 552. The Hall–Kier alpha value is -1.69. The van der Waals surface area contributed by atoms with Gasteiger partial charge in [-0.1, -0.05) is 11.6 Å². The molecule has 1 aliphatic rings. The Morgan fingerprint density at radius 3 is 2.63 bits per heavy atom. The van der Waals surface area contributed by atoms with Crippen LogP contribution in [0, 0.1) is 5.82 Å². The fourth-order valence-electron chi connectivity index (χ4n) is 2.02. The van der Waals surface area contributed by atoms with Crippen molar-refractivity contribution in [3.8, 4) is 0 Å². The van der Waals surface area contributed by atoms with Crippen LogP contribution in [0.3, 0.4) is 0 Å². The molecule has 1 aliphatic heterocycles. The number of benzene rings is 1. The van der Waals surface area contributed by atoms with Gasteiger partial charge in [-0.05, 0) is 18.2 Å². The number of Topliss-reactive ketones (excluding diaryl/α,β-unsaturated/α-hetero) is 1. The number of ketones is 1. The number of alkyl halides is 1. The highest BCUT2D eigenvalue weighted by Gasteiger charge is 2.46. The predicted molar refractivity (Wildman–Crippen MR) is 63.8 cm³/mol. The van der Waals surface area contributed by atoms with Crippen molar-refractivity contribution in [3.63, 3.8) is 0 Å². The number of nitrogens with zero attached hydrogens (tertiary/aromatic N) is 1. The quantitative estimate of drug-likeness (QED) is 0.852. The molecule has 0 aromatic heterocycles. The average molecular weight is 290 g/mol. The van der Waals surface area contributed by atoms with Gasteiger partial charge in [0.1, 0.15) is 5.82 Å². The van der Waals surface area contributed by atoms with Gasteiger partial charge < -0.3 is 10.0 Å². The number of hydrogen-bond donors (Lipinski definition) is 1. The third-order valence-electron chi connectivity index (χ3n) is 3.08. The first-order chi connectivity index (χ1) is 8.83. The van der Waals surface area contributed by atoms with Crippen molar-refractivity contribution in [1.82, 2.24) is 4.90 Å². The van der Waals surface area contributed by atoms with Gasteiger partial charge in [-0.3, -0.25) is 4.79 Å². The Balaban J connectivity index is 2.24. The Kier molecular flexibility index (Phi) is 3.45. The van der Waals surface area contributed by atoms with E-state index in [9.17, 15) is 18.4 Å². The number of carbonyl (C=O) groups excluding carboxylic acids is 1. The minimum atomic E-state index is -2.31. The molecule has 1 aromatic carbocycles. The zero-order valence-electron chi connectivity index (χ0n) is 9.70. The molecular formula is C12H10ClF2NO3. The van der Waals surface area contributed by atoms with Crippen LogP contribution in [0.25, 0.3) is 0 Å². The number of likely N-dealkylation sites (tertiary alicyclic amines) is 1. The van der Waals surface area contributed by atoms with Gasteiger partial charge in [0.05, 0.1) is 11.6 Å². The van der Waals surface area contributed by atoms with E-state index >= 15 is 0 Å². The van der Waals surface area contributed by atoms with Crippen molar-refractivity contribution in [2.24, 2.45) is 0 Å². The topological polar surface area (TPSA) is 57.6 Å². The van der Waals surface area contributed by atoms with Crippen LogP contribution in [-0.2, 0) is 0 Å². The lowest BCUT2D eigenvalue weighted by molar-refractivity contribution is 0.0698. The molecular weight excluding hydrogens is 280 g/mol. The van der Waals surface area contributed by atoms with Crippen molar-refractivity contribution in [2.75, 3.05) is 13.1 Å². The lowest BCUT2D eigenvalue weighted by Gasteiger charge is -2.18. The van der Waals surface area contributed by atoms with Crippen molar-refractivity contribution in [3.05, 3.63) is 34.6 Å². The van der Waals surface area contributed by atoms with Crippen LogP contribution in [0.2, 0.25) is 5.02 Å². The van der Waals surface area contributed by atoms with E-state index in [1.165, 1.54) is 6.07 Å². The maximum absolute atomic E-state index is 14.4. The fraction of sp³-hybridized carbons (Fsp3) is 0.333. The van der Waals surface area contributed by atoms with Gasteiger partial charge in [0.2, 0.25) is 5.78 Å². The van der Waals surface area contributed by atoms with Crippen molar-refractivity contribution in [2.45, 2.75) is 12.1 Å². The molecule has 19 heavy (non-hydrogen) atoms. The second-order valence-corrected chi connectivity index (χ2v) is 4.78. The maximum Gasteiger partial charge on any atom is 0.407 e. The van der Waals surface area contributed by atoms with Crippen LogP contribution in [-0.4, -0.2) is 40.6 Å². The third-order valence-corrected chi connectivity index (χ3v) is 3.39. The molecule has 1 amide bonds. The van der Waals surface area contributed by atoms with Gasteiger partial charge in [-0.25, -0.2) is 13.6 Å². The van der Waals surface area contributed by atoms with Gasteiger partial charge in [0, 0.05) is 18.5 Å². The minimum Gasteiger partial charge on any atom is -0.465 e. The summed E-state index contributed by atoms with van der Waals surface area (Å²) in [4.78, 5) is 23.5. The second kappa shape index (κ2) is 4.77. The smallest absolute Gasteiger partial charge is 0.407 e. The first-order valence-electron chi connectivity index (χ1n) is 5.50. The number of carboxylic acid groups (broad SMARTS) is 1. The van der Waals surface area contributed by atoms with Gasteiger partial charge in [-0.2, -0.15) is 0 Å². The normalized spacial score (nSPS) is 22.6. The van der Waals surface area contributed by atoms with Crippen LogP contribution in [0.5, 0.6) is 0 Å². The molecule has 1 fully saturated rings. The molecule has 1 atom stereocenters. The number of halogens is 3. The van der Waals surface area contributed by atoms with E-state index in [0.29, 0.717) is 0 Å². The van der Waals surface area contributed by atoms with Gasteiger partial charge >= 0.3 is 6.09 Å². The van der Waals surface area contributed by atoms with Crippen LogP contribution in [0.1, 0.15) is 16.8 Å². The van der Waals surface area contributed by atoms with E-state index < -0.39 is 29.9 Å². The maximum atomic E-state index is 14.4. The summed E-state index contributed by atoms with van der Waals surface area (Å²) in [5.74, 6) is -1.74. The van der Waals surface area contributed by atoms with Gasteiger partial charge in [0.15, 0.2) is 5.67 Å². The standard InChI is InChI=1S/C12H10ClF2NO3/c13-8-2-1-7(5-9(8)14)10(17)12(15)3-4-16(6-12)11(18)19/h1-2,5H,3-4,6H2,(H,18,19). The third kappa shape index (κ3) is 2.53. The Morgan fingerprint density at radius 2 is 2.11 bits per heavy atom. The molecule has 0 radical (unpaired) electrons. The molecule has 0 bridgehead atoms. The molecule has 1 unspecified atom stereocenters. The van der Waals surface area contributed by atoms with E-state index in [1.807, 2.05) is 0 Å². The van der Waals surface area contributed by atoms with Crippen molar-refractivity contribution in [1.29, 1.82) is 0 Å². The van der Waals surface area contributed by atoms with Gasteiger partial charge in [0.25, 0.3) is 0 Å². The molecule has 102 valence electrons. The molecule has 1 saturated heterocycles. The van der Waals surface area contributed by atoms with E-state index in [0.717, 1.165) is 17.0 Å². The van der Waals surface area contributed by atoms with E-state index in [1.54, 1.807) is 0 Å². The predicted octanol–water partition coefficient (Wildman–Crippen LogP) is 2.75. The zero-order valence-corrected chi connectivity index (χ0v) is 10.5. The molecule has 4 nitrogen and oxygen atoms in total. The summed E-state index contributed by atoms with van der Waals surface area (Å²) in [6, 6.07) is 3.24. The average Bonchev–Trinajstić information content (AvgIpc) is 2.76. The van der Waals surface area contributed by atoms with Crippen LogP contribution in [0.15, 0.2) is 18.2 Å². The first kappa shape index (κ1) is 13.7. The molecule has 1 aromatic rings. The number of hydrogen-bond acceptors (Lipinski definition) is 2. The molecule has 0 spiro atoms. The highest BCUT2D eigenvalue weighted by Crippen LogP contribution is 2.30. The highest BCUT2D eigenvalue weighted by molar-refractivity contribution is 6.30. The molecule has 0 saturated carbocycles. The van der Waals surface area contributed by atoms with Crippen LogP contribution >= 0.6 is 11.6 Å².